The monoisotopic (exact) mass is 299 g/mol. The van der Waals surface area contributed by atoms with Crippen LogP contribution in [0, 0.1) is 6.92 Å². The summed E-state index contributed by atoms with van der Waals surface area (Å²) in [7, 11) is 0. The van der Waals surface area contributed by atoms with Gasteiger partial charge in [-0.2, -0.15) is 5.10 Å². The van der Waals surface area contributed by atoms with Crippen molar-refractivity contribution in [2.45, 2.75) is 38.3 Å². The molecule has 0 radical (unpaired) electrons. The molecule has 0 aromatic carbocycles. The molecule has 3 heterocycles. The van der Waals surface area contributed by atoms with Crippen molar-refractivity contribution in [1.82, 2.24) is 24.8 Å². The minimum atomic E-state index is -0.219. The maximum atomic E-state index is 12.5. The van der Waals surface area contributed by atoms with Crippen LogP contribution in [0.3, 0.4) is 0 Å². The number of hydrogen-bond acceptors (Lipinski definition) is 4. The molecule has 1 aliphatic heterocycles. The third-order valence-corrected chi connectivity index (χ3v) is 4.23. The first kappa shape index (κ1) is 13.2. The number of aromatic nitrogens is 3. The van der Waals surface area contributed by atoms with Crippen LogP contribution in [0.1, 0.15) is 35.3 Å². The van der Waals surface area contributed by atoms with Gasteiger partial charge in [0.05, 0.1) is 12.2 Å². The van der Waals surface area contributed by atoms with Crippen molar-refractivity contribution in [3.63, 3.8) is 0 Å². The number of carbonyl (C=O) groups excluding carboxylic acids is 2. The van der Waals surface area contributed by atoms with Crippen LogP contribution in [-0.2, 0) is 4.79 Å². The number of hydrogen-bond donors (Lipinski definition) is 1. The largest absolute Gasteiger partial charge is 0.347 e. The van der Waals surface area contributed by atoms with E-state index in [1.165, 1.54) is 6.20 Å². The van der Waals surface area contributed by atoms with Crippen LogP contribution in [0.25, 0.3) is 5.65 Å². The molecule has 4 rings (SSSR count). The quantitative estimate of drug-likeness (QED) is 0.896. The van der Waals surface area contributed by atoms with Crippen LogP contribution in [-0.4, -0.2) is 49.9 Å². The molecule has 2 amide bonds. The molecule has 1 aliphatic carbocycles. The first-order valence-corrected chi connectivity index (χ1v) is 7.53. The van der Waals surface area contributed by atoms with Gasteiger partial charge >= 0.3 is 0 Å². The lowest BCUT2D eigenvalue weighted by Gasteiger charge is -2.15. The number of fused-ring (bicyclic) bond motifs is 1. The average molecular weight is 299 g/mol. The third-order valence-electron chi connectivity index (χ3n) is 4.23. The molecular weight excluding hydrogens is 282 g/mol. The number of nitrogens with one attached hydrogen (secondary N) is 1. The molecule has 1 atom stereocenters. The summed E-state index contributed by atoms with van der Waals surface area (Å²) in [5.74, 6) is -0.0785. The van der Waals surface area contributed by atoms with Gasteiger partial charge in [0.2, 0.25) is 5.91 Å². The summed E-state index contributed by atoms with van der Waals surface area (Å²) >= 11 is 0. The zero-order chi connectivity index (χ0) is 15.3. The van der Waals surface area contributed by atoms with E-state index >= 15 is 0 Å². The summed E-state index contributed by atoms with van der Waals surface area (Å²) in [6.45, 7) is 2.48. The Labute approximate surface area is 127 Å². The van der Waals surface area contributed by atoms with Gasteiger partial charge in [-0.3, -0.25) is 9.59 Å². The van der Waals surface area contributed by atoms with E-state index in [1.807, 2.05) is 17.9 Å². The van der Waals surface area contributed by atoms with Crippen LogP contribution in [0.2, 0.25) is 0 Å². The summed E-state index contributed by atoms with van der Waals surface area (Å²) in [6, 6.07) is 2.11. The summed E-state index contributed by atoms with van der Waals surface area (Å²) in [5.41, 5.74) is 1.82. The fraction of sp³-hybridized carbons (Fsp3) is 0.467. The number of aryl methyl sites for hydroxylation is 1. The van der Waals surface area contributed by atoms with E-state index < -0.39 is 0 Å². The van der Waals surface area contributed by atoms with E-state index in [2.05, 4.69) is 15.4 Å². The van der Waals surface area contributed by atoms with Crippen molar-refractivity contribution >= 4 is 17.5 Å². The SMILES string of the molecule is Cc1ccn2ncc(C(=O)NC3CC(=O)N(C4CC4)C3)c2n1. The van der Waals surface area contributed by atoms with Crippen molar-refractivity contribution in [3.8, 4) is 0 Å². The number of amides is 2. The van der Waals surface area contributed by atoms with E-state index in [-0.39, 0.29) is 17.9 Å². The summed E-state index contributed by atoms with van der Waals surface area (Å²) in [5, 5.41) is 7.08. The van der Waals surface area contributed by atoms with Crippen molar-refractivity contribution < 1.29 is 9.59 Å². The molecule has 0 spiro atoms. The second-order valence-electron chi connectivity index (χ2n) is 6.05. The molecule has 0 bridgehead atoms. The number of carbonyl (C=O) groups is 2. The molecule has 1 unspecified atom stereocenters. The highest BCUT2D eigenvalue weighted by molar-refractivity contribution is 6.00. The fourth-order valence-corrected chi connectivity index (χ4v) is 2.95. The van der Waals surface area contributed by atoms with Crippen LogP contribution in [0.5, 0.6) is 0 Å². The van der Waals surface area contributed by atoms with E-state index in [4.69, 9.17) is 0 Å². The Hall–Kier alpha value is -2.44. The van der Waals surface area contributed by atoms with Crippen molar-refractivity contribution in [3.05, 3.63) is 29.7 Å². The Kier molecular flexibility index (Phi) is 2.88. The summed E-state index contributed by atoms with van der Waals surface area (Å²) in [6.07, 6.45) is 5.86. The Bertz CT molecular complexity index is 764. The van der Waals surface area contributed by atoms with Gasteiger partial charge in [-0.05, 0) is 25.8 Å². The van der Waals surface area contributed by atoms with Gasteiger partial charge in [0.15, 0.2) is 5.65 Å². The smallest absolute Gasteiger partial charge is 0.257 e. The highest BCUT2D eigenvalue weighted by Gasteiger charge is 2.39. The molecule has 7 nitrogen and oxygen atoms in total. The molecule has 7 heteroatoms. The lowest BCUT2D eigenvalue weighted by atomic mass is 10.2. The first-order chi connectivity index (χ1) is 10.6. The molecule has 1 saturated heterocycles. The van der Waals surface area contributed by atoms with E-state index in [9.17, 15) is 9.59 Å². The van der Waals surface area contributed by atoms with Crippen LogP contribution in [0.15, 0.2) is 18.5 Å². The van der Waals surface area contributed by atoms with E-state index in [0.717, 1.165) is 18.5 Å². The Morgan fingerprint density at radius 2 is 2.23 bits per heavy atom. The summed E-state index contributed by atoms with van der Waals surface area (Å²) < 4.78 is 1.58. The van der Waals surface area contributed by atoms with Gasteiger partial charge in [0, 0.05) is 30.9 Å². The van der Waals surface area contributed by atoms with Gasteiger partial charge < -0.3 is 10.2 Å². The zero-order valence-corrected chi connectivity index (χ0v) is 12.3. The lowest BCUT2D eigenvalue weighted by molar-refractivity contribution is -0.128. The standard InChI is InChI=1S/C15H17N5O2/c1-9-4-5-20-14(17-9)12(7-16-20)15(22)18-10-6-13(21)19(8-10)11-2-3-11/h4-5,7,10-11H,2-3,6,8H2,1H3,(H,18,22). The Morgan fingerprint density at radius 3 is 3.00 bits per heavy atom. The predicted molar refractivity (Wildman–Crippen MR) is 78.3 cm³/mol. The first-order valence-electron chi connectivity index (χ1n) is 7.53. The molecule has 2 fully saturated rings. The molecule has 2 aromatic rings. The third kappa shape index (κ3) is 2.22. The normalized spacial score (nSPS) is 21.6. The number of nitrogens with zero attached hydrogens (tertiary/aromatic N) is 4. The molecule has 2 aromatic heterocycles. The molecule has 2 aliphatic rings. The Morgan fingerprint density at radius 1 is 1.41 bits per heavy atom. The van der Waals surface area contributed by atoms with Crippen LogP contribution < -0.4 is 5.32 Å². The highest BCUT2D eigenvalue weighted by atomic mass is 16.2. The van der Waals surface area contributed by atoms with E-state index in [1.54, 1.807) is 10.7 Å². The fourth-order valence-electron chi connectivity index (χ4n) is 2.95. The molecule has 1 saturated carbocycles. The zero-order valence-electron chi connectivity index (χ0n) is 12.3. The maximum absolute atomic E-state index is 12.5. The van der Waals surface area contributed by atoms with Crippen LogP contribution in [0.4, 0.5) is 0 Å². The number of likely N-dealkylation sites (tertiary alicyclic amines) is 1. The second-order valence-corrected chi connectivity index (χ2v) is 6.05. The van der Waals surface area contributed by atoms with Gasteiger partial charge in [0.1, 0.15) is 5.56 Å². The topological polar surface area (TPSA) is 79.6 Å². The van der Waals surface area contributed by atoms with Crippen molar-refractivity contribution in [1.29, 1.82) is 0 Å². The van der Waals surface area contributed by atoms with Crippen LogP contribution >= 0.6 is 0 Å². The van der Waals surface area contributed by atoms with Gasteiger partial charge in [-0.25, -0.2) is 9.50 Å². The van der Waals surface area contributed by atoms with Crippen molar-refractivity contribution in [2.75, 3.05) is 6.54 Å². The van der Waals surface area contributed by atoms with E-state index in [0.29, 0.717) is 30.2 Å². The maximum Gasteiger partial charge on any atom is 0.257 e. The predicted octanol–water partition coefficient (Wildman–Crippen LogP) is 0.531. The van der Waals surface area contributed by atoms with Crippen molar-refractivity contribution in [2.24, 2.45) is 0 Å². The van der Waals surface area contributed by atoms with Gasteiger partial charge in [0.25, 0.3) is 5.91 Å². The second kappa shape index (κ2) is 4.79. The van der Waals surface area contributed by atoms with Gasteiger partial charge in [-0.1, -0.05) is 0 Å². The van der Waals surface area contributed by atoms with Gasteiger partial charge in [-0.15, -0.1) is 0 Å². The molecule has 1 N–H and O–H groups in total. The molecule has 114 valence electrons. The average Bonchev–Trinajstić information content (AvgIpc) is 3.13. The highest BCUT2D eigenvalue weighted by Crippen LogP contribution is 2.30. The Balaban J connectivity index is 1.52. The molecular formula is C15H17N5O2. The summed E-state index contributed by atoms with van der Waals surface area (Å²) in [4.78, 5) is 30.6. The minimum absolute atomic E-state index is 0.125. The lowest BCUT2D eigenvalue weighted by Crippen LogP contribution is -2.37. The number of rotatable bonds is 3. The molecule has 22 heavy (non-hydrogen) atoms. The minimum Gasteiger partial charge on any atom is -0.347 e.